The number of aromatic nitrogens is 3. The highest BCUT2D eigenvalue weighted by Gasteiger charge is 2.12. The molecule has 160 valence electrons. The Morgan fingerprint density at radius 3 is 2.28 bits per heavy atom. The van der Waals surface area contributed by atoms with Crippen molar-refractivity contribution in [1.82, 2.24) is 20.0 Å². The fraction of sp³-hybridized carbons (Fsp3) is 0.0435. The molecule has 1 heterocycles. The molecule has 0 unspecified atom stereocenters. The molecule has 4 aromatic rings. The van der Waals surface area contributed by atoms with Crippen LogP contribution in [0.15, 0.2) is 83.3 Å². The molecule has 3 N–H and O–H groups in total. The molecule has 0 spiro atoms. The minimum Gasteiger partial charge on any atom is -0.331 e. The van der Waals surface area contributed by atoms with Crippen LogP contribution >= 0.6 is 40.4 Å². The largest absolute Gasteiger partial charge is 0.331 e. The van der Waals surface area contributed by atoms with Crippen LogP contribution in [0.5, 0.6) is 0 Å². The van der Waals surface area contributed by atoms with Crippen LogP contribution in [0.3, 0.4) is 0 Å². The van der Waals surface area contributed by atoms with Gasteiger partial charge in [-0.25, -0.2) is 0 Å². The lowest BCUT2D eigenvalue weighted by Crippen LogP contribution is -2.35. The molecule has 4 rings (SSSR count). The summed E-state index contributed by atoms with van der Waals surface area (Å²) < 4.78 is 3.07. The average molecular weight is 523 g/mol. The van der Waals surface area contributed by atoms with E-state index in [1.165, 1.54) is 5.56 Å². The molecular weight excluding hydrogens is 504 g/mol. The van der Waals surface area contributed by atoms with Gasteiger partial charge in [0.1, 0.15) is 0 Å². The summed E-state index contributed by atoms with van der Waals surface area (Å²) in [5, 5.41) is 3.53. The van der Waals surface area contributed by atoms with E-state index in [0.29, 0.717) is 21.7 Å². The number of halogens is 1. The normalized spacial score (nSPS) is 10.4. The Morgan fingerprint density at radius 1 is 0.906 bits per heavy atom. The summed E-state index contributed by atoms with van der Waals surface area (Å²) in [4.78, 5) is 9.25. The van der Waals surface area contributed by atoms with E-state index in [4.69, 9.17) is 29.4 Å². The Balaban J connectivity index is 1.65. The Labute approximate surface area is 204 Å². The maximum atomic E-state index is 5.62. The molecule has 9 heteroatoms. The van der Waals surface area contributed by atoms with E-state index in [9.17, 15) is 0 Å². The van der Waals surface area contributed by atoms with E-state index in [1.807, 2.05) is 85.8 Å². The van der Waals surface area contributed by atoms with Gasteiger partial charge < -0.3 is 5.32 Å². The molecule has 0 aliphatic carbocycles. The van der Waals surface area contributed by atoms with Crippen LogP contribution in [-0.4, -0.2) is 19.6 Å². The molecule has 1 aromatic heterocycles. The third kappa shape index (κ3) is 5.37. The molecule has 0 saturated heterocycles. The molecule has 0 bridgehead atoms. The first-order valence-electron chi connectivity index (χ1n) is 9.72. The van der Waals surface area contributed by atoms with Crippen molar-refractivity contribution < 1.29 is 0 Å². The zero-order valence-corrected chi connectivity index (χ0v) is 20.3. The van der Waals surface area contributed by atoms with Gasteiger partial charge in [0, 0.05) is 15.7 Å². The zero-order chi connectivity index (χ0) is 22.5. The lowest BCUT2D eigenvalue weighted by atomic mass is 10.2. The second-order valence-electron chi connectivity index (χ2n) is 6.90. The zero-order valence-electron chi connectivity index (χ0n) is 17.0. The lowest BCUT2D eigenvalue weighted by Gasteiger charge is -2.17. The SMILES string of the molecule is Cc1ccc(NC(=S)NNc2nc(-c3ccccc3)nc(=S)n2-c2ccc(Br)cc2)cc1. The number of nitrogens with zero attached hydrogens (tertiary/aromatic N) is 3. The van der Waals surface area contributed by atoms with E-state index in [2.05, 4.69) is 37.1 Å². The molecule has 32 heavy (non-hydrogen) atoms. The number of anilines is 2. The van der Waals surface area contributed by atoms with Gasteiger partial charge in [0.05, 0.1) is 5.69 Å². The molecule has 0 aliphatic heterocycles. The molecule has 0 radical (unpaired) electrons. The van der Waals surface area contributed by atoms with Crippen molar-refractivity contribution in [2.24, 2.45) is 0 Å². The molecule has 0 atom stereocenters. The van der Waals surface area contributed by atoms with Crippen LogP contribution < -0.4 is 16.2 Å². The number of aryl methyl sites for hydroxylation is 1. The van der Waals surface area contributed by atoms with Gasteiger partial charge in [-0.05, 0) is 67.8 Å². The third-order valence-electron chi connectivity index (χ3n) is 4.53. The van der Waals surface area contributed by atoms with Crippen molar-refractivity contribution in [2.45, 2.75) is 6.92 Å². The minimum absolute atomic E-state index is 0.364. The number of hydrazine groups is 1. The van der Waals surface area contributed by atoms with Crippen LogP contribution in [0.1, 0.15) is 5.56 Å². The van der Waals surface area contributed by atoms with Crippen LogP contribution in [0, 0.1) is 11.7 Å². The fourth-order valence-corrected chi connectivity index (χ4v) is 3.65. The Morgan fingerprint density at radius 2 is 1.59 bits per heavy atom. The van der Waals surface area contributed by atoms with Crippen molar-refractivity contribution in [2.75, 3.05) is 10.7 Å². The first-order chi connectivity index (χ1) is 15.5. The summed E-state index contributed by atoms with van der Waals surface area (Å²) in [6.07, 6.45) is 0. The topological polar surface area (TPSA) is 66.8 Å². The van der Waals surface area contributed by atoms with Gasteiger partial charge in [0.15, 0.2) is 10.9 Å². The number of hydrogen-bond donors (Lipinski definition) is 3. The summed E-state index contributed by atoms with van der Waals surface area (Å²) >= 11 is 14.5. The quantitative estimate of drug-likeness (QED) is 0.218. The summed E-state index contributed by atoms with van der Waals surface area (Å²) in [6, 6.07) is 25.4. The molecular formula is C23H19BrN6S2. The molecule has 0 aliphatic rings. The minimum atomic E-state index is 0.364. The second kappa shape index (κ2) is 9.99. The predicted molar refractivity (Wildman–Crippen MR) is 139 cm³/mol. The van der Waals surface area contributed by atoms with Gasteiger partial charge in [-0.15, -0.1) is 0 Å². The summed E-state index contributed by atoms with van der Waals surface area (Å²) in [5.41, 5.74) is 9.82. The lowest BCUT2D eigenvalue weighted by molar-refractivity contribution is 0.880. The molecule has 0 fully saturated rings. The van der Waals surface area contributed by atoms with Crippen molar-refractivity contribution >= 4 is 57.1 Å². The monoisotopic (exact) mass is 522 g/mol. The summed E-state index contributed by atoms with van der Waals surface area (Å²) in [5.74, 6) is 0.977. The van der Waals surface area contributed by atoms with Gasteiger partial charge in [-0.1, -0.05) is 64.0 Å². The van der Waals surface area contributed by atoms with Crippen molar-refractivity contribution in [1.29, 1.82) is 0 Å². The van der Waals surface area contributed by atoms with E-state index in [1.54, 1.807) is 4.57 Å². The van der Waals surface area contributed by atoms with E-state index in [0.717, 1.165) is 21.4 Å². The first kappa shape index (κ1) is 22.1. The summed E-state index contributed by atoms with van der Waals surface area (Å²) in [6.45, 7) is 2.04. The van der Waals surface area contributed by atoms with Crippen LogP contribution in [0.2, 0.25) is 0 Å². The second-order valence-corrected chi connectivity index (χ2v) is 8.59. The van der Waals surface area contributed by atoms with Gasteiger partial charge in [-0.3, -0.25) is 15.4 Å². The van der Waals surface area contributed by atoms with Gasteiger partial charge in [-0.2, -0.15) is 9.97 Å². The van der Waals surface area contributed by atoms with E-state index in [-0.39, 0.29) is 0 Å². The Bertz CT molecular complexity index is 1290. The smallest absolute Gasteiger partial charge is 0.230 e. The maximum Gasteiger partial charge on any atom is 0.230 e. The first-order valence-corrected chi connectivity index (χ1v) is 11.3. The highest BCUT2D eigenvalue weighted by molar-refractivity contribution is 9.10. The van der Waals surface area contributed by atoms with E-state index < -0.39 is 0 Å². The third-order valence-corrected chi connectivity index (χ3v) is 5.54. The molecule has 0 saturated carbocycles. The number of hydrogen-bond acceptors (Lipinski definition) is 5. The number of thiocarbonyl (C=S) groups is 1. The number of benzene rings is 3. The van der Waals surface area contributed by atoms with Crippen molar-refractivity contribution in [3.8, 4) is 17.1 Å². The summed E-state index contributed by atoms with van der Waals surface area (Å²) in [7, 11) is 0. The van der Waals surface area contributed by atoms with Crippen LogP contribution in [0.25, 0.3) is 17.1 Å². The van der Waals surface area contributed by atoms with Crippen molar-refractivity contribution in [3.63, 3.8) is 0 Å². The molecule has 3 aromatic carbocycles. The standard InChI is InChI=1S/C23H19BrN6S2/c1-15-7-11-18(12-8-15)25-22(31)29-28-21-26-20(16-5-3-2-4-6-16)27-23(32)30(21)19-13-9-17(24)10-14-19/h2-14H,1H3,(H2,25,29,31)(H,26,27,28,32). The number of rotatable bonds is 5. The fourth-order valence-electron chi connectivity index (χ4n) is 2.94. The highest BCUT2D eigenvalue weighted by Crippen LogP contribution is 2.21. The predicted octanol–water partition coefficient (Wildman–Crippen LogP) is 6.05. The number of nitrogens with one attached hydrogen (secondary N) is 3. The molecule has 0 amide bonds. The van der Waals surface area contributed by atoms with Crippen LogP contribution in [-0.2, 0) is 0 Å². The van der Waals surface area contributed by atoms with Gasteiger partial charge in [0.25, 0.3) is 0 Å². The Kier molecular flexibility index (Phi) is 6.89. The molecule has 6 nitrogen and oxygen atoms in total. The van der Waals surface area contributed by atoms with Gasteiger partial charge >= 0.3 is 0 Å². The van der Waals surface area contributed by atoms with Crippen LogP contribution in [0.4, 0.5) is 11.6 Å². The highest BCUT2D eigenvalue weighted by atomic mass is 79.9. The van der Waals surface area contributed by atoms with Gasteiger partial charge in [0.2, 0.25) is 10.7 Å². The Hall–Kier alpha value is -3.14. The maximum absolute atomic E-state index is 5.62. The van der Waals surface area contributed by atoms with E-state index >= 15 is 0 Å². The van der Waals surface area contributed by atoms with Crippen molar-refractivity contribution in [3.05, 3.63) is 93.7 Å². The average Bonchev–Trinajstić information content (AvgIpc) is 2.80.